The monoisotopic (exact) mass is 410 g/mol. The van der Waals surface area contributed by atoms with Crippen molar-refractivity contribution in [2.24, 2.45) is 0 Å². The number of pyridine rings is 1. The van der Waals surface area contributed by atoms with Crippen molar-refractivity contribution < 1.29 is 4.79 Å². The molecule has 2 aromatic carbocycles. The molecule has 4 aromatic rings. The maximum atomic E-state index is 13.6. The first-order valence-electron chi connectivity index (χ1n) is 10.0. The number of carbonyl (C=O) groups is 1. The van der Waals surface area contributed by atoms with Crippen LogP contribution in [0.25, 0.3) is 21.5 Å². The minimum Gasteiger partial charge on any atom is -0.347 e. The lowest BCUT2D eigenvalue weighted by Gasteiger charge is -2.24. The number of thiophene rings is 1. The van der Waals surface area contributed by atoms with Gasteiger partial charge >= 0.3 is 0 Å². The SMILES string of the molecule is CN1/C(=C\C(=O)c2cc(-c3cccs3)nc3ccccc23)C(C)(C)c2ccccc21. The molecule has 0 spiro atoms. The number of ketones is 1. The van der Waals surface area contributed by atoms with Crippen LogP contribution in [0.4, 0.5) is 5.69 Å². The number of rotatable bonds is 3. The number of hydrogen-bond donors (Lipinski definition) is 0. The number of aromatic nitrogens is 1. The second-order valence-electron chi connectivity index (χ2n) is 8.14. The number of fused-ring (bicyclic) bond motifs is 2. The number of para-hydroxylation sites is 2. The fourth-order valence-electron chi connectivity index (χ4n) is 4.39. The lowest BCUT2D eigenvalue weighted by atomic mass is 9.83. The van der Waals surface area contributed by atoms with Gasteiger partial charge in [0.25, 0.3) is 0 Å². The molecule has 5 rings (SSSR count). The molecule has 0 amide bonds. The largest absolute Gasteiger partial charge is 0.347 e. The van der Waals surface area contributed by atoms with E-state index in [1.165, 1.54) is 5.56 Å². The minimum absolute atomic E-state index is 0.00846. The molecule has 0 fully saturated rings. The van der Waals surface area contributed by atoms with Crippen LogP contribution in [0, 0.1) is 0 Å². The topological polar surface area (TPSA) is 33.2 Å². The van der Waals surface area contributed by atoms with Gasteiger partial charge in [-0.3, -0.25) is 4.79 Å². The molecule has 1 aliphatic heterocycles. The van der Waals surface area contributed by atoms with Gasteiger partial charge in [-0.05, 0) is 35.2 Å². The molecule has 1 aliphatic rings. The molecule has 3 nitrogen and oxygen atoms in total. The van der Waals surface area contributed by atoms with Gasteiger partial charge in [-0.2, -0.15) is 0 Å². The summed E-state index contributed by atoms with van der Waals surface area (Å²) in [7, 11) is 2.04. The van der Waals surface area contributed by atoms with Crippen LogP contribution >= 0.6 is 11.3 Å². The molecule has 3 heterocycles. The molecular weight excluding hydrogens is 388 g/mol. The fraction of sp³-hybridized carbons (Fsp3) is 0.154. The number of likely N-dealkylation sites (N-methyl/N-ethyl adjacent to an activating group) is 1. The average Bonchev–Trinajstić information content (AvgIpc) is 3.36. The second kappa shape index (κ2) is 6.92. The van der Waals surface area contributed by atoms with Crippen molar-refractivity contribution in [2.45, 2.75) is 19.3 Å². The highest BCUT2D eigenvalue weighted by atomic mass is 32.1. The van der Waals surface area contributed by atoms with Crippen LogP contribution in [0.3, 0.4) is 0 Å². The molecule has 0 aliphatic carbocycles. The summed E-state index contributed by atoms with van der Waals surface area (Å²) in [5.41, 5.74) is 5.54. The molecule has 148 valence electrons. The Morgan fingerprint density at radius 2 is 1.80 bits per heavy atom. The van der Waals surface area contributed by atoms with E-state index in [1.54, 1.807) is 17.4 Å². The molecule has 30 heavy (non-hydrogen) atoms. The second-order valence-corrected chi connectivity index (χ2v) is 9.09. The Balaban J connectivity index is 1.66. The van der Waals surface area contributed by atoms with E-state index >= 15 is 0 Å². The van der Waals surface area contributed by atoms with E-state index < -0.39 is 0 Å². The van der Waals surface area contributed by atoms with Crippen LogP contribution in [0.15, 0.2) is 83.9 Å². The van der Waals surface area contributed by atoms with E-state index in [2.05, 4.69) is 36.9 Å². The van der Waals surface area contributed by atoms with Crippen LogP contribution < -0.4 is 4.90 Å². The molecular formula is C26H22N2OS. The Morgan fingerprint density at radius 1 is 1.03 bits per heavy atom. The van der Waals surface area contributed by atoms with Gasteiger partial charge in [0.2, 0.25) is 0 Å². The normalized spacial score (nSPS) is 16.2. The summed E-state index contributed by atoms with van der Waals surface area (Å²) in [6.45, 7) is 4.35. The number of allylic oxidation sites excluding steroid dienone is 2. The molecule has 0 unspecified atom stereocenters. The van der Waals surface area contributed by atoms with Crippen molar-refractivity contribution >= 4 is 33.7 Å². The number of hydrogen-bond acceptors (Lipinski definition) is 4. The van der Waals surface area contributed by atoms with Crippen molar-refractivity contribution in [1.82, 2.24) is 4.98 Å². The third kappa shape index (κ3) is 2.87. The molecule has 0 radical (unpaired) electrons. The lowest BCUT2D eigenvalue weighted by Crippen LogP contribution is -2.24. The summed E-state index contributed by atoms with van der Waals surface area (Å²) in [6, 6.07) is 22.2. The summed E-state index contributed by atoms with van der Waals surface area (Å²) in [6.07, 6.45) is 1.81. The van der Waals surface area contributed by atoms with Crippen molar-refractivity contribution in [3.05, 3.63) is 95.0 Å². The van der Waals surface area contributed by atoms with Crippen LogP contribution in [-0.2, 0) is 5.41 Å². The number of benzene rings is 2. The van der Waals surface area contributed by atoms with Gasteiger partial charge in [-0.1, -0.05) is 56.3 Å². The summed E-state index contributed by atoms with van der Waals surface area (Å²) >= 11 is 1.63. The quantitative estimate of drug-likeness (QED) is 0.287. The predicted molar refractivity (Wildman–Crippen MR) is 125 cm³/mol. The van der Waals surface area contributed by atoms with Crippen molar-refractivity contribution in [2.75, 3.05) is 11.9 Å². The Labute approximate surface area is 180 Å². The van der Waals surface area contributed by atoms with Crippen molar-refractivity contribution in [1.29, 1.82) is 0 Å². The fourth-order valence-corrected chi connectivity index (χ4v) is 5.08. The molecule has 0 atom stereocenters. The standard InChI is InChI=1S/C26H22N2OS/c1-26(2)19-10-5-7-12-22(19)28(3)25(26)16-23(29)18-15-21(24-13-8-14-30-24)27-20-11-6-4-9-17(18)20/h4-16H,1-3H3/b25-16-. The van der Waals surface area contributed by atoms with E-state index in [0.29, 0.717) is 5.56 Å². The molecule has 4 heteroatoms. The zero-order chi connectivity index (χ0) is 20.9. The maximum Gasteiger partial charge on any atom is 0.188 e. The van der Waals surface area contributed by atoms with Gasteiger partial charge in [0.1, 0.15) is 0 Å². The number of carbonyl (C=O) groups excluding carboxylic acids is 1. The highest BCUT2D eigenvalue weighted by molar-refractivity contribution is 7.13. The highest BCUT2D eigenvalue weighted by Crippen LogP contribution is 2.46. The first-order valence-corrected chi connectivity index (χ1v) is 10.9. The summed E-state index contributed by atoms with van der Waals surface area (Å²) in [5.74, 6) is 0.00846. The van der Waals surface area contributed by atoms with Gasteiger partial charge in [0, 0.05) is 40.9 Å². The Hall–Kier alpha value is -3.24. The predicted octanol–water partition coefficient (Wildman–Crippen LogP) is 6.46. The Bertz CT molecular complexity index is 1300. The number of nitrogens with zero attached hydrogens (tertiary/aromatic N) is 2. The lowest BCUT2D eigenvalue weighted by molar-refractivity contribution is 0.104. The third-order valence-corrected chi connectivity index (χ3v) is 6.86. The van der Waals surface area contributed by atoms with Crippen LogP contribution in [0.5, 0.6) is 0 Å². The van der Waals surface area contributed by atoms with Crippen molar-refractivity contribution in [3.8, 4) is 10.6 Å². The maximum absolute atomic E-state index is 13.6. The van der Waals surface area contributed by atoms with Gasteiger partial charge < -0.3 is 4.90 Å². The van der Waals surface area contributed by atoms with E-state index in [0.717, 1.165) is 32.9 Å². The van der Waals surface area contributed by atoms with Crippen LogP contribution in [0.1, 0.15) is 29.8 Å². The molecule has 0 bridgehead atoms. The Kier molecular flexibility index (Phi) is 4.33. The van der Waals surface area contributed by atoms with E-state index in [1.807, 2.05) is 61.0 Å². The average molecular weight is 411 g/mol. The van der Waals surface area contributed by atoms with Crippen molar-refractivity contribution in [3.63, 3.8) is 0 Å². The van der Waals surface area contributed by atoms with Gasteiger partial charge in [-0.25, -0.2) is 4.98 Å². The zero-order valence-corrected chi connectivity index (χ0v) is 18.0. The Morgan fingerprint density at radius 3 is 2.57 bits per heavy atom. The smallest absolute Gasteiger partial charge is 0.188 e. The van der Waals surface area contributed by atoms with E-state index in [9.17, 15) is 4.79 Å². The minimum atomic E-state index is -0.236. The summed E-state index contributed by atoms with van der Waals surface area (Å²) in [5, 5.41) is 2.92. The molecule has 0 saturated heterocycles. The number of anilines is 1. The van der Waals surface area contributed by atoms with Crippen LogP contribution in [0.2, 0.25) is 0 Å². The zero-order valence-electron chi connectivity index (χ0n) is 17.2. The van der Waals surface area contributed by atoms with Gasteiger partial charge in [0.05, 0.1) is 16.1 Å². The summed E-state index contributed by atoms with van der Waals surface area (Å²) in [4.78, 5) is 21.6. The third-order valence-electron chi connectivity index (χ3n) is 5.96. The molecule has 2 aromatic heterocycles. The van der Waals surface area contributed by atoms with Gasteiger partial charge in [0.15, 0.2) is 5.78 Å². The molecule has 0 N–H and O–H groups in total. The molecule has 0 saturated carbocycles. The van der Waals surface area contributed by atoms with Gasteiger partial charge in [-0.15, -0.1) is 11.3 Å². The van der Waals surface area contributed by atoms with E-state index in [4.69, 9.17) is 4.98 Å². The first kappa shape index (κ1) is 18.8. The summed E-state index contributed by atoms with van der Waals surface area (Å²) < 4.78 is 0. The first-order chi connectivity index (χ1) is 14.5. The van der Waals surface area contributed by atoms with E-state index in [-0.39, 0.29) is 11.2 Å². The highest BCUT2D eigenvalue weighted by Gasteiger charge is 2.38. The van der Waals surface area contributed by atoms with Crippen LogP contribution in [-0.4, -0.2) is 17.8 Å².